The third-order valence-electron chi connectivity index (χ3n) is 4.82. The number of hydrogen-bond donors (Lipinski definition) is 2. The van der Waals surface area contributed by atoms with Crippen LogP contribution in [0.25, 0.3) is 10.8 Å². The monoisotopic (exact) mass is 390 g/mol. The normalized spacial score (nSPS) is 12.8. The molecule has 0 fully saturated rings. The van der Waals surface area contributed by atoms with Gasteiger partial charge in [-0.3, -0.25) is 9.59 Å². The summed E-state index contributed by atoms with van der Waals surface area (Å²) in [5.41, 5.74) is 0.895. The van der Waals surface area contributed by atoms with Crippen molar-refractivity contribution < 1.29 is 14.3 Å². The summed E-state index contributed by atoms with van der Waals surface area (Å²) in [4.78, 5) is 25.2. The Morgan fingerprint density at radius 1 is 0.931 bits per heavy atom. The van der Waals surface area contributed by atoms with Crippen molar-refractivity contribution in [2.75, 3.05) is 5.32 Å². The molecule has 0 aromatic heterocycles. The lowest BCUT2D eigenvalue weighted by molar-refractivity contribution is -0.122. The van der Waals surface area contributed by atoms with Crippen LogP contribution in [0.15, 0.2) is 66.7 Å². The minimum absolute atomic E-state index is 0.0569. The summed E-state index contributed by atoms with van der Waals surface area (Å²) in [6.45, 7) is 5.63. The van der Waals surface area contributed by atoms with Crippen molar-refractivity contribution in [2.45, 2.75) is 39.3 Å². The molecule has 0 saturated heterocycles. The second-order valence-corrected chi connectivity index (χ2v) is 7.09. The first-order valence-corrected chi connectivity index (χ1v) is 9.84. The van der Waals surface area contributed by atoms with Crippen LogP contribution in [0.4, 0.5) is 5.69 Å². The van der Waals surface area contributed by atoms with Crippen LogP contribution in [0.5, 0.6) is 5.75 Å². The van der Waals surface area contributed by atoms with Crippen molar-refractivity contribution in [3.05, 3.63) is 72.3 Å². The zero-order valence-electron chi connectivity index (χ0n) is 16.9. The van der Waals surface area contributed by atoms with E-state index in [4.69, 9.17) is 4.74 Å². The number of carbonyl (C=O) groups excluding carboxylic acids is 2. The minimum atomic E-state index is -0.721. The average Bonchev–Trinajstić information content (AvgIpc) is 2.73. The van der Waals surface area contributed by atoms with Gasteiger partial charge in [-0.2, -0.15) is 0 Å². The van der Waals surface area contributed by atoms with Crippen molar-refractivity contribution in [1.29, 1.82) is 0 Å². The minimum Gasteiger partial charge on any atom is -0.481 e. The number of para-hydroxylation sites is 1. The maximum atomic E-state index is 12.7. The molecule has 3 aromatic rings. The predicted molar refractivity (Wildman–Crippen MR) is 116 cm³/mol. The second-order valence-electron chi connectivity index (χ2n) is 7.09. The molecule has 150 valence electrons. The van der Waals surface area contributed by atoms with Gasteiger partial charge in [-0.25, -0.2) is 0 Å². The first-order valence-electron chi connectivity index (χ1n) is 9.84. The zero-order valence-corrected chi connectivity index (χ0v) is 16.9. The van der Waals surface area contributed by atoms with E-state index in [1.165, 1.54) is 0 Å². The van der Waals surface area contributed by atoms with Crippen molar-refractivity contribution in [3.8, 4) is 5.75 Å². The third-order valence-corrected chi connectivity index (χ3v) is 4.82. The van der Waals surface area contributed by atoms with Gasteiger partial charge in [0.05, 0.1) is 11.3 Å². The maximum Gasteiger partial charge on any atom is 0.265 e. The highest BCUT2D eigenvalue weighted by atomic mass is 16.5. The Morgan fingerprint density at radius 3 is 2.38 bits per heavy atom. The first kappa shape index (κ1) is 20.4. The smallest absolute Gasteiger partial charge is 0.265 e. The lowest BCUT2D eigenvalue weighted by atomic mass is 10.1. The molecule has 2 atom stereocenters. The van der Waals surface area contributed by atoms with Crippen molar-refractivity contribution >= 4 is 28.3 Å². The van der Waals surface area contributed by atoms with Crippen molar-refractivity contribution in [3.63, 3.8) is 0 Å². The van der Waals surface area contributed by atoms with E-state index in [2.05, 4.69) is 10.6 Å². The van der Waals surface area contributed by atoms with Gasteiger partial charge in [0.15, 0.2) is 6.10 Å². The summed E-state index contributed by atoms with van der Waals surface area (Å²) >= 11 is 0. The summed E-state index contributed by atoms with van der Waals surface area (Å²) in [6.07, 6.45) is 0.110. The molecule has 5 heteroatoms. The van der Waals surface area contributed by atoms with Crippen molar-refractivity contribution in [2.24, 2.45) is 0 Å². The lowest BCUT2D eigenvalue weighted by Gasteiger charge is -2.17. The SMILES string of the molecule is CC[C@H](C)NC(=O)c1ccccc1NC(=O)[C@H](C)Oc1ccc2ccccc2c1. The van der Waals surface area contributed by atoms with E-state index in [-0.39, 0.29) is 17.9 Å². The molecule has 29 heavy (non-hydrogen) atoms. The fourth-order valence-electron chi connectivity index (χ4n) is 2.93. The van der Waals surface area contributed by atoms with Gasteiger partial charge in [0.25, 0.3) is 11.8 Å². The van der Waals surface area contributed by atoms with E-state index in [0.29, 0.717) is 17.0 Å². The Morgan fingerprint density at radius 2 is 1.62 bits per heavy atom. The number of carbonyl (C=O) groups is 2. The number of fused-ring (bicyclic) bond motifs is 1. The van der Waals surface area contributed by atoms with Crippen LogP contribution < -0.4 is 15.4 Å². The number of amides is 2. The summed E-state index contributed by atoms with van der Waals surface area (Å²) in [7, 11) is 0. The Kier molecular flexibility index (Phi) is 6.50. The molecule has 2 amide bonds. The summed E-state index contributed by atoms with van der Waals surface area (Å²) in [5.74, 6) is 0.0921. The van der Waals surface area contributed by atoms with Crippen molar-refractivity contribution in [1.82, 2.24) is 5.32 Å². The topological polar surface area (TPSA) is 67.4 Å². The van der Waals surface area contributed by atoms with Crippen LogP contribution in [-0.4, -0.2) is 24.0 Å². The molecule has 0 spiro atoms. The quantitative estimate of drug-likeness (QED) is 0.610. The van der Waals surface area contributed by atoms with Gasteiger partial charge in [-0.15, -0.1) is 0 Å². The first-order chi connectivity index (χ1) is 14.0. The molecule has 3 aromatic carbocycles. The van der Waals surface area contributed by atoms with Crippen LogP contribution in [0.3, 0.4) is 0 Å². The van der Waals surface area contributed by atoms with Crippen LogP contribution in [0.2, 0.25) is 0 Å². The molecule has 3 rings (SSSR count). The largest absolute Gasteiger partial charge is 0.481 e. The average molecular weight is 390 g/mol. The Bertz CT molecular complexity index is 1020. The van der Waals surface area contributed by atoms with Gasteiger partial charge < -0.3 is 15.4 Å². The van der Waals surface area contributed by atoms with E-state index < -0.39 is 6.10 Å². The van der Waals surface area contributed by atoms with Gasteiger partial charge in [-0.1, -0.05) is 49.4 Å². The molecule has 0 unspecified atom stereocenters. The molecule has 0 heterocycles. The fourth-order valence-corrected chi connectivity index (χ4v) is 2.93. The van der Waals surface area contributed by atoms with Gasteiger partial charge >= 0.3 is 0 Å². The lowest BCUT2D eigenvalue weighted by Crippen LogP contribution is -2.34. The van der Waals surface area contributed by atoms with Gasteiger partial charge in [0, 0.05) is 6.04 Å². The van der Waals surface area contributed by atoms with E-state index in [1.54, 1.807) is 31.2 Å². The van der Waals surface area contributed by atoms with E-state index in [9.17, 15) is 9.59 Å². The zero-order chi connectivity index (χ0) is 20.8. The van der Waals surface area contributed by atoms with Gasteiger partial charge in [-0.05, 0) is 55.3 Å². The van der Waals surface area contributed by atoms with E-state index in [0.717, 1.165) is 17.2 Å². The number of hydrogen-bond acceptors (Lipinski definition) is 3. The molecule has 0 bridgehead atoms. The van der Waals surface area contributed by atoms with Crippen LogP contribution in [-0.2, 0) is 4.79 Å². The number of ether oxygens (including phenoxy) is 1. The highest BCUT2D eigenvalue weighted by Crippen LogP contribution is 2.22. The maximum absolute atomic E-state index is 12.7. The van der Waals surface area contributed by atoms with E-state index in [1.807, 2.05) is 56.3 Å². The Balaban J connectivity index is 1.70. The van der Waals surface area contributed by atoms with Crippen LogP contribution >= 0.6 is 0 Å². The molecular weight excluding hydrogens is 364 g/mol. The van der Waals surface area contributed by atoms with E-state index >= 15 is 0 Å². The van der Waals surface area contributed by atoms with Crippen LogP contribution in [0, 0.1) is 0 Å². The number of rotatable bonds is 7. The number of benzene rings is 3. The Labute approximate surface area is 171 Å². The molecule has 5 nitrogen and oxygen atoms in total. The molecule has 2 N–H and O–H groups in total. The number of anilines is 1. The standard InChI is InChI=1S/C24H26N2O3/c1-4-16(2)25-24(28)21-11-7-8-12-22(21)26-23(27)17(3)29-20-14-13-18-9-5-6-10-19(18)15-20/h5-17H,4H2,1-3H3,(H,25,28)(H,26,27)/t16-,17-/m0/s1. The van der Waals surface area contributed by atoms with Gasteiger partial charge in [0.2, 0.25) is 0 Å². The number of nitrogens with one attached hydrogen (secondary N) is 2. The Hall–Kier alpha value is -3.34. The second kappa shape index (κ2) is 9.24. The molecule has 0 aliphatic carbocycles. The van der Waals surface area contributed by atoms with Crippen LogP contribution in [0.1, 0.15) is 37.6 Å². The summed E-state index contributed by atoms with van der Waals surface area (Å²) < 4.78 is 5.83. The summed E-state index contributed by atoms with van der Waals surface area (Å²) in [5, 5.41) is 7.89. The highest BCUT2D eigenvalue weighted by molar-refractivity contribution is 6.04. The molecular formula is C24H26N2O3. The molecule has 0 radical (unpaired) electrons. The molecule has 0 saturated carbocycles. The summed E-state index contributed by atoms with van der Waals surface area (Å²) in [6, 6.07) is 20.7. The predicted octanol–water partition coefficient (Wildman–Crippen LogP) is 4.77. The molecule has 0 aliphatic rings. The highest BCUT2D eigenvalue weighted by Gasteiger charge is 2.19. The fraction of sp³-hybridized carbons (Fsp3) is 0.250. The molecule has 0 aliphatic heterocycles. The van der Waals surface area contributed by atoms with Gasteiger partial charge in [0.1, 0.15) is 5.75 Å². The third kappa shape index (κ3) is 5.13.